The molecule has 0 aromatic carbocycles. The fraction of sp³-hybridized carbons (Fsp3) is 0.364. The molecule has 0 bridgehead atoms. The Morgan fingerprint density at radius 1 is 1.56 bits per heavy atom. The normalized spacial score (nSPS) is 9.31. The SMILES string of the molecule is CCOC(=O)Cc1cc(OC)cc(C#N)n1. The molecule has 5 nitrogen and oxygen atoms in total. The zero-order chi connectivity index (χ0) is 12.0. The Morgan fingerprint density at radius 3 is 2.88 bits per heavy atom. The molecule has 0 unspecified atom stereocenters. The van der Waals surface area contributed by atoms with Crippen LogP contribution in [0.2, 0.25) is 0 Å². The molecule has 0 saturated carbocycles. The highest BCUT2D eigenvalue weighted by molar-refractivity contribution is 5.72. The summed E-state index contributed by atoms with van der Waals surface area (Å²) in [5, 5.41) is 8.74. The summed E-state index contributed by atoms with van der Waals surface area (Å²) in [5.74, 6) is 0.137. The van der Waals surface area contributed by atoms with Crippen molar-refractivity contribution < 1.29 is 14.3 Å². The molecule has 0 aliphatic rings. The van der Waals surface area contributed by atoms with E-state index in [0.717, 1.165) is 0 Å². The number of carbonyl (C=O) groups is 1. The average molecular weight is 220 g/mol. The Kier molecular flexibility index (Phi) is 4.28. The lowest BCUT2D eigenvalue weighted by atomic mass is 10.2. The Balaban J connectivity index is 2.87. The van der Waals surface area contributed by atoms with Crippen molar-refractivity contribution in [3.63, 3.8) is 0 Å². The predicted octanol–water partition coefficient (Wildman–Crippen LogP) is 1.07. The topological polar surface area (TPSA) is 72.2 Å². The van der Waals surface area contributed by atoms with Crippen molar-refractivity contribution in [2.24, 2.45) is 0 Å². The van der Waals surface area contributed by atoms with Crippen LogP contribution in [0.4, 0.5) is 0 Å². The third-order valence-corrected chi connectivity index (χ3v) is 1.83. The summed E-state index contributed by atoms with van der Waals surface area (Å²) in [6, 6.07) is 5.02. The van der Waals surface area contributed by atoms with Crippen molar-refractivity contribution in [1.82, 2.24) is 4.98 Å². The van der Waals surface area contributed by atoms with Crippen LogP contribution in [0, 0.1) is 11.3 Å². The molecule has 0 N–H and O–H groups in total. The number of pyridine rings is 1. The fourth-order valence-corrected chi connectivity index (χ4v) is 1.19. The molecule has 84 valence electrons. The minimum absolute atomic E-state index is 0.0414. The third-order valence-electron chi connectivity index (χ3n) is 1.83. The predicted molar refractivity (Wildman–Crippen MR) is 55.8 cm³/mol. The largest absolute Gasteiger partial charge is 0.497 e. The van der Waals surface area contributed by atoms with Crippen molar-refractivity contribution in [2.75, 3.05) is 13.7 Å². The summed E-state index contributed by atoms with van der Waals surface area (Å²) in [6.07, 6.45) is 0.0414. The smallest absolute Gasteiger partial charge is 0.311 e. The van der Waals surface area contributed by atoms with Crippen LogP contribution in [0.25, 0.3) is 0 Å². The minimum atomic E-state index is -0.368. The monoisotopic (exact) mass is 220 g/mol. The van der Waals surface area contributed by atoms with E-state index in [1.165, 1.54) is 13.2 Å². The number of ether oxygens (including phenoxy) is 2. The first-order valence-electron chi connectivity index (χ1n) is 4.80. The van der Waals surface area contributed by atoms with Gasteiger partial charge in [-0.3, -0.25) is 4.79 Å². The zero-order valence-electron chi connectivity index (χ0n) is 9.19. The van der Waals surface area contributed by atoms with Crippen LogP contribution < -0.4 is 4.74 Å². The van der Waals surface area contributed by atoms with Crippen LogP contribution in [0.1, 0.15) is 18.3 Å². The van der Waals surface area contributed by atoms with Gasteiger partial charge < -0.3 is 9.47 Å². The zero-order valence-corrected chi connectivity index (χ0v) is 9.19. The van der Waals surface area contributed by atoms with Crippen LogP contribution >= 0.6 is 0 Å². The fourth-order valence-electron chi connectivity index (χ4n) is 1.19. The van der Waals surface area contributed by atoms with E-state index in [2.05, 4.69) is 4.98 Å². The van der Waals surface area contributed by atoms with Gasteiger partial charge >= 0.3 is 5.97 Å². The van der Waals surface area contributed by atoms with Gasteiger partial charge in [-0.2, -0.15) is 5.26 Å². The molecular formula is C11H12N2O3. The number of hydrogen-bond donors (Lipinski definition) is 0. The van der Waals surface area contributed by atoms with Gasteiger partial charge in [-0.05, 0) is 6.92 Å². The third kappa shape index (κ3) is 3.24. The van der Waals surface area contributed by atoms with Gasteiger partial charge in [-0.25, -0.2) is 4.98 Å². The molecule has 0 spiro atoms. The molecule has 0 fully saturated rings. The molecule has 1 aromatic rings. The summed E-state index contributed by atoms with van der Waals surface area (Å²) in [7, 11) is 1.49. The standard InChI is InChI=1S/C11H12N2O3/c1-3-16-11(14)6-8-4-10(15-2)5-9(7-12)13-8/h4-5H,3,6H2,1-2H3. The molecule has 1 rings (SSSR count). The molecule has 1 heterocycles. The van der Waals surface area contributed by atoms with Crippen LogP contribution in [-0.4, -0.2) is 24.7 Å². The van der Waals surface area contributed by atoms with E-state index in [-0.39, 0.29) is 18.1 Å². The molecule has 5 heteroatoms. The van der Waals surface area contributed by atoms with Crippen molar-refractivity contribution in [2.45, 2.75) is 13.3 Å². The first-order valence-corrected chi connectivity index (χ1v) is 4.80. The molecule has 0 saturated heterocycles. The van der Waals surface area contributed by atoms with E-state index in [4.69, 9.17) is 14.7 Å². The van der Waals surface area contributed by atoms with E-state index < -0.39 is 0 Å². The van der Waals surface area contributed by atoms with Crippen molar-refractivity contribution in [1.29, 1.82) is 5.26 Å². The van der Waals surface area contributed by atoms with Gasteiger partial charge in [0.15, 0.2) is 0 Å². The Morgan fingerprint density at radius 2 is 2.31 bits per heavy atom. The first-order chi connectivity index (χ1) is 7.69. The van der Waals surface area contributed by atoms with Gasteiger partial charge in [-0.15, -0.1) is 0 Å². The van der Waals surface area contributed by atoms with Gasteiger partial charge in [0.25, 0.3) is 0 Å². The summed E-state index contributed by atoms with van der Waals surface area (Å²) < 4.78 is 9.79. The molecule has 0 radical (unpaired) electrons. The number of esters is 1. The van der Waals surface area contributed by atoms with Gasteiger partial charge in [-0.1, -0.05) is 0 Å². The van der Waals surface area contributed by atoms with Gasteiger partial charge in [0.2, 0.25) is 0 Å². The Hall–Kier alpha value is -2.09. The molecule has 0 aliphatic heterocycles. The number of methoxy groups -OCH3 is 1. The summed E-state index contributed by atoms with van der Waals surface area (Å²) in [6.45, 7) is 2.06. The van der Waals surface area contributed by atoms with E-state index in [9.17, 15) is 4.79 Å². The van der Waals surface area contributed by atoms with Gasteiger partial charge in [0.05, 0.1) is 25.8 Å². The lowest BCUT2D eigenvalue weighted by molar-refractivity contribution is -0.142. The summed E-state index contributed by atoms with van der Waals surface area (Å²) >= 11 is 0. The molecule has 0 amide bonds. The van der Waals surface area contributed by atoms with E-state index in [1.54, 1.807) is 13.0 Å². The molecule has 0 aliphatic carbocycles. The van der Waals surface area contributed by atoms with Gasteiger partial charge in [0, 0.05) is 12.1 Å². The Bertz CT molecular complexity index is 424. The maximum absolute atomic E-state index is 11.2. The number of nitriles is 1. The van der Waals surface area contributed by atoms with E-state index in [1.807, 2.05) is 6.07 Å². The molecule has 16 heavy (non-hydrogen) atoms. The van der Waals surface area contributed by atoms with E-state index in [0.29, 0.717) is 18.1 Å². The molecule has 0 atom stereocenters. The van der Waals surface area contributed by atoms with Crippen LogP contribution in [0.5, 0.6) is 5.75 Å². The summed E-state index contributed by atoms with van der Waals surface area (Å²) in [4.78, 5) is 15.2. The molecule has 1 aromatic heterocycles. The second-order valence-electron chi connectivity index (χ2n) is 2.98. The minimum Gasteiger partial charge on any atom is -0.497 e. The van der Waals surface area contributed by atoms with Crippen molar-refractivity contribution in [3.8, 4) is 11.8 Å². The number of nitrogens with zero attached hydrogens (tertiary/aromatic N) is 2. The number of rotatable bonds is 4. The highest BCUT2D eigenvalue weighted by atomic mass is 16.5. The lowest BCUT2D eigenvalue weighted by Gasteiger charge is -2.04. The van der Waals surface area contributed by atoms with Crippen LogP contribution in [-0.2, 0) is 16.0 Å². The second-order valence-corrected chi connectivity index (χ2v) is 2.98. The lowest BCUT2D eigenvalue weighted by Crippen LogP contribution is -2.09. The first kappa shape index (κ1) is 12.0. The number of aromatic nitrogens is 1. The quantitative estimate of drug-likeness (QED) is 0.709. The number of hydrogen-bond acceptors (Lipinski definition) is 5. The maximum Gasteiger partial charge on any atom is 0.311 e. The molecular weight excluding hydrogens is 208 g/mol. The Labute approximate surface area is 93.6 Å². The average Bonchev–Trinajstić information content (AvgIpc) is 2.28. The van der Waals surface area contributed by atoms with Crippen molar-refractivity contribution >= 4 is 5.97 Å². The van der Waals surface area contributed by atoms with Crippen LogP contribution in [0.3, 0.4) is 0 Å². The second kappa shape index (κ2) is 5.71. The van der Waals surface area contributed by atoms with Crippen LogP contribution in [0.15, 0.2) is 12.1 Å². The number of carbonyl (C=O) groups excluding carboxylic acids is 1. The van der Waals surface area contributed by atoms with E-state index >= 15 is 0 Å². The van der Waals surface area contributed by atoms with Crippen molar-refractivity contribution in [3.05, 3.63) is 23.5 Å². The highest BCUT2D eigenvalue weighted by Crippen LogP contribution is 2.14. The van der Waals surface area contributed by atoms with Gasteiger partial charge in [0.1, 0.15) is 17.5 Å². The summed E-state index contributed by atoms with van der Waals surface area (Å²) in [5.41, 5.74) is 0.688. The highest BCUT2D eigenvalue weighted by Gasteiger charge is 2.08. The maximum atomic E-state index is 11.2.